The van der Waals surface area contributed by atoms with Gasteiger partial charge in [0.05, 0.1) is 18.8 Å². The van der Waals surface area contributed by atoms with Crippen LogP contribution < -0.4 is 10.1 Å². The molecule has 0 aromatic heterocycles. The first-order valence-electron chi connectivity index (χ1n) is 9.81. The summed E-state index contributed by atoms with van der Waals surface area (Å²) >= 11 is 0. The summed E-state index contributed by atoms with van der Waals surface area (Å²) in [4.78, 5) is 27.1. The number of nitrogens with one attached hydrogen (secondary N) is 1. The number of ether oxygens (including phenoxy) is 2. The van der Waals surface area contributed by atoms with E-state index in [0.717, 1.165) is 13.1 Å². The van der Waals surface area contributed by atoms with Gasteiger partial charge in [-0.2, -0.15) is 0 Å². The molecule has 2 N–H and O–H groups in total. The summed E-state index contributed by atoms with van der Waals surface area (Å²) in [5.41, 5.74) is 1.86. The van der Waals surface area contributed by atoms with E-state index >= 15 is 0 Å². The van der Waals surface area contributed by atoms with Crippen LogP contribution in [0.1, 0.15) is 34.8 Å². The van der Waals surface area contributed by atoms with Gasteiger partial charge < -0.3 is 19.9 Å². The number of morpholine rings is 1. The fourth-order valence-electron chi connectivity index (χ4n) is 3.73. The molecule has 1 atom stereocenters. The van der Waals surface area contributed by atoms with E-state index in [1.54, 1.807) is 24.3 Å². The summed E-state index contributed by atoms with van der Waals surface area (Å²) in [6, 6.07) is 10.2. The molecule has 2 aliphatic heterocycles. The molecule has 29 heavy (non-hydrogen) atoms. The van der Waals surface area contributed by atoms with Gasteiger partial charge in [-0.15, -0.1) is 0 Å². The summed E-state index contributed by atoms with van der Waals surface area (Å²) < 4.78 is 11.5. The Balaban J connectivity index is 1.60. The highest BCUT2D eigenvalue weighted by molar-refractivity contribution is 6.12. The van der Waals surface area contributed by atoms with Gasteiger partial charge in [0.15, 0.2) is 5.78 Å². The molecule has 0 bridgehead atoms. The predicted octanol–water partition coefficient (Wildman–Crippen LogP) is 2.56. The van der Waals surface area contributed by atoms with E-state index in [0.29, 0.717) is 54.2 Å². The Labute approximate surface area is 169 Å². The van der Waals surface area contributed by atoms with Gasteiger partial charge >= 0.3 is 0 Å². The van der Waals surface area contributed by atoms with E-state index in [-0.39, 0.29) is 23.7 Å². The second-order valence-corrected chi connectivity index (χ2v) is 7.26. The van der Waals surface area contributed by atoms with Crippen LogP contribution in [0.4, 0.5) is 5.69 Å². The van der Waals surface area contributed by atoms with Gasteiger partial charge in [0, 0.05) is 36.3 Å². The molecule has 7 nitrogen and oxygen atoms in total. The normalized spacial score (nSPS) is 17.9. The lowest BCUT2D eigenvalue weighted by molar-refractivity contribution is -0.116. The molecule has 2 heterocycles. The van der Waals surface area contributed by atoms with Gasteiger partial charge in [0.25, 0.3) is 0 Å². The van der Waals surface area contributed by atoms with E-state index in [2.05, 4.69) is 10.2 Å². The minimum atomic E-state index is -0.271. The van der Waals surface area contributed by atoms with E-state index in [1.165, 1.54) is 6.07 Å². The third-order valence-electron chi connectivity index (χ3n) is 5.35. The van der Waals surface area contributed by atoms with Crippen molar-refractivity contribution in [2.24, 2.45) is 0 Å². The number of hydrogen-bond acceptors (Lipinski definition) is 6. The highest BCUT2D eigenvalue weighted by atomic mass is 16.5. The van der Waals surface area contributed by atoms with Gasteiger partial charge in [-0.05, 0) is 37.6 Å². The maximum Gasteiger partial charge on any atom is 0.224 e. The first-order chi connectivity index (χ1) is 14.0. The van der Waals surface area contributed by atoms with Crippen molar-refractivity contribution >= 4 is 17.4 Å². The number of anilines is 1. The molecular weight excluding hydrogens is 372 g/mol. The standard InChI is InChI=1S/C22H24N2O5/c1-14(24-8-10-28-11-9-24)29-20-5-3-2-4-17(20)22(27)15-12-18-16(19(25)13-15)6-7-21(26)23-18/h2-5,12-14,25H,6-11H2,1H3,(H,23,26). The van der Waals surface area contributed by atoms with Crippen LogP contribution in [0.5, 0.6) is 11.5 Å². The van der Waals surface area contributed by atoms with Crippen LogP contribution in [-0.2, 0) is 16.0 Å². The van der Waals surface area contributed by atoms with E-state index in [4.69, 9.17) is 9.47 Å². The highest BCUT2D eigenvalue weighted by Gasteiger charge is 2.24. The fraction of sp³-hybridized carbons (Fsp3) is 0.364. The van der Waals surface area contributed by atoms with Crippen LogP contribution in [-0.4, -0.2) is 54.2 Å². The van der Waals surface area contributed by atoms with E-state index in [1.807, 2.05) is 13.0 Å². The number of carbonyl (C=O) groups excluding carboxylic acids is 2. The summed E-state index contributed by atoms with van der Waals surface area (Å²) in [6.45, 7) is 4.82. The lowest BCUT2D eigenvalue weighted by Gasteiger charge is -2.32. The van der Waals surface area contributed by atoms with Crippen LogP contribution in [0.3, 0.4) is 0 Å². The van der Waals surface area contributed by atoms with Crippen molar-refractivity contribution in [1.29, 1.82) is 0 Å². The number of hydrogen-bond donors (Lipinski definition) is 2. The zero-order valence-electron chi connectivity index (χ0n) is 16.3. The first kappa shape index (κ1) is 19.4. The molecule has 2 aromatic carbocycles. The van der Waals surface area contributed by atoms with Crippen molar-refractivity contribution in [3.63, 3.8) is 0 Å². The topological polar surface area (TPSA) is 88.1 Å². The third kappa shape index (κ3) is 4.11. The van der Waals surface area contributed by atoms with Crippen molar-refractivity contribution in [2.75, 3.05) is 31.6 Å². The maximum absolute atomic E-state index is 13.2. The molecule has 1 unspecified atom stereocenters. The molecular formula is C22H24N2O5. The number of phenols is 1. The Bertz CT molecular complexity index is 937. The molecule has 152 valence electrons. The lowest BCUT2D eigenvalue weighted by atomic mass is 9.95. The molecule has 0 saturated carbocycles. The quantitative estimate of drug-likeness (QED) is 0.756. The SMILES string of the molecule is CC(Oc1ccccc1C(=O)c1cc(O)c2c(c1)NC(=O)CC2)N1CCOCC1. The summed E-state index contributed by atoms with van der Waals surface area (Å²) in [6.07, 6.45) is 0.575. The molecule has 4 rings (SSSR count). The smallest absolute Gasteiger partial charge is 0.224 e. The Morgan fingerprint density at radius 3 is 2.76 bits per heavy atom. The maximum atomic E-state index is 13.2. The number of ketones is 1. The van der Waals surface area contributed by atoms with Gasteiger partial charge in [0.2, 0.25) is 5.91 Å². The molecule has 2 aliphatic rings. The Kier molecular flexibility index (Phi) is 5.51. The molecule has 0 radical (unpaired) electrons. The van der Waals surface area contributed by atoms with Crippen molar-refractivity contribution < 1.29 is 24.2 Å². The van der Waals surface area contributed by atoms with Gasteiger partial charge in [-0.1, -0.05) is 12.1 Å². The van der Waals surface area contributed by atoms with E-state index in [9.17, 15) is 14.7 Å². The fourth-order valence-corrected chi connectivity index (χ4v) is 3.73. The number of rotatable bonds is 5. The van der Waals surface area contributed by atoms with Crippen LogP contribution >= 0.6 is 0 Å². The van der Waals surface area contributed by atoms with Crippen LogP contribution in [0.25, 0.3) is 0 Å². The number of fused-ring (bicyclic) bond motifs is 1. The summed E-state index contributed by atoms with van der Waals surface area (Å²) in [7, 11) is 0. The molecule has 1 amide bonds. The average Bonchev–Trinajstić information content (AvgIpc) is 2.74. The number of phenolic OH excluding ortho intramolecular Hbond substituents is 1. The number of amides is 1. The second kappa shape index (κ2) is 8.23. The second-order valence-electron chi connectivity index (χ2n) is 7.26. The van der Waals surface area contributed by atoms with Crippen LogP contribution in [0.2, 0.25) is 0 Å². The van der Waals surface area contributed by atoms with Crippen LogP contribution in [0, 0.1) is 0 Å². The van der Waals surface area contributed by atoms with Crippen molar-refractivity contribution in [3.8, 4) is 11.5 Å². The zero-order chi connectivity index (χ0) is 20.4. The van der Waals surface area contributed by atoms with E-state index < -0.39 is 0 Å². The number of aromatic hydroxyl groups is 1. The van der Waals surface area contributed by atoms with Crippen molar-refractivity contribution in [2.45, 2.75) is 26.0 Å². The molecule has 0 spiro atoms. The monoisotopic (exact) mass is 396 g/mol. The van der Waals surface area contributed by atoms with Gasteiger partial charge in [0.1, 0.15) is 17.7 Å². The minimum Gasteiger partial charge on any atom is -0.508 e. The summed E-state index contributed by atoms with van der Waals surface area (Å²) in [5.74, 6) is 0.112. The average molecular weight is 396 g/mol. The minimum absolute atomic E-state index is 0.0194. The number of carbonyl (C=O) groups is 2. The molecule has 1 fully saturated rings. The van der Waals surface area contributed by atoms with Gasteiger partial charge in [-0.3, -0.25) is 14.5 Å². The number of para-hydroxylation sites is 1. The molecule has 7 heteroatoms. The Morgan fingerprint density at radius 2 is 1.97 bits per heavy atom. The zero-order valence-corrected chi connectivity index (χ0v) is 16.3. The first-order valence-corrected chi connectivity index (χ1v) is 9.81. The number of nitrogens with zero attached hydrogens (tertiary/aromatic N) is 1. The Morgan fingerprint density at radius 1 is 1.21 bits per heavy atom. The largest absolute Gasteiger partial charge is 0.508 e. The highest BCUT2D eigenvalue weighted by Crippen LogP contribution is 2.34. The van der Waals surface area contributed by atoms with Crippen molar-refractivity contribution in [1.82, 2.24) is 4.90 Å². The Hall–Kier alpha value is -2.90. The van der Waals surface area contributed by atoms with Crippen LogP contribution in [0.15, 0.2) is 36.4 Å². The predicted molar refractivity (Wildman–Crippen MR) is 107 cm³/mol. The molecule has 1 saturated heterocycles. The molecule has 2 aromatic rings. The third-order valence-corrected chi connectivity index (χ3v) is 5.35. The number of benzene rings is 2. The summed E-state index contributed by atoms with van der Waals surface area (Å²) in [5, 5.41) is 13.1. The lowest BCUT2D eigenvalue weighted by Crippen LogP contribution is -2.44. The van der Waals surface area contributed by atoms with Crippen molar-refractivity contribution in [3.05, 3.63) is 53.1 Å². The van der Waals surface area contributed by atoms with Gasteiger partial charge in [-0.25, -0.2) is 0 Å². The molecule has 0 aliphatic carbocycles.